The summed E-state index contributed by atoms with van der Waals surface area (Å²) in [7, 11) is 0. The molecule has 0 aliphatic heterocycles. The van der Waals surface area contributed by atoms with E-state index in [0.717, 1.165) is 19.3 Å². The molecule has 0 bridgehead atoms. The molecule has 118 valence electrons. The van der Waals surface area contributed by atoms with Gasteiger partial charge in [-0.15, -0.1) is 0 Å². The average molecular weight is 284 g/mol. The highest BCUT2D eigenvalue weighted by molar-refractivity contribution is 5.84. The molecular formula is C16H32N2O2. The van der Waals surface area contributed by atoms with Crippen molar-refractivity contribution >= 4 is 5.91 Å². The van der Waals surface area contributed by atoms with E-state index in [9.17, 15) is 4.79 Å². The highest BCUT2D eigenvalue weighted by Gasteiger charge is 2.36. The number of hydrogen-bond acceptors (Lipinski definition) is 3. The molecule has 20 heavy (non-hydrogen) atoms. The minimum absolute atomic E-state index is 0.268. The van der Waals surface area contributed by atoms with E-state index in [2.05, 4.69) is 19.2 Å². The largest absolute Gasteiger partial charge is 0.378 e. The lowest BCUT2D eigenvalue weighted by atomic mass is 9.97. The van der Waals surface area contributed by atoms with Gasteiger partial charge in [-0.3, -0.25) is 4.79 Å². The van der Waals surface area contributed by atoms with Crippen LogP contribution in [0, 0.1) is 0 Å². The van der Waals surface area contributed by atoms with Gasteiger partial charge in [-0.05, 0) is 39.5 Å². The van der Waals surface area contributed by atoms with Crippen LogP contribution in [0.1, 0.15) is 72.1 Å². The van der Waals surface area contributed by atoms with Gasteiger partial charge in [0.15, 0.2) is 0 Å². The molecule has 0 saturated heterocycles. The molecule has 1 saturated carbocycles. The quantitative estimate of drug-likeness (QED) is 0.542. The van der Waals surface area contributed by atoms with Gasteiger partial charge in [0, 0.05) is 12.6 Å². The lowest BCUT2D eigenvalue weighted by Gasteiger charge is -2.28. The van der Waals surface area contributed by atoms with E-state index in [-0.39, 0.29) is 12.0 Å². The van der Waals surface area contributed by atoms with E-state index in [1.165, 1.54) is 25.7 Å². The number of carbonyl (C=O) groups is 1. The van der Waals surface area contributed by atoms with E-state index in [1.807, 2.05) is 6.92 Å². The van der Waals surface area contributed by atoms with Crippen LogP contribution in [-0.4, -0.2) is 30.2 Å². The molecule has 0 spiro atoms. The number of ether oxygens (including phenoxy) is 1. The van der Waals surface area contributed by atoms with Crippen LogP contribution >= 0.6 is 0 Å². The Labute approximate surface area is 123 Å². The third-order valence-electron chi connectivity index (χ3n) is 4.11. The molecule has 0 aromatic rings. The first-order valence-corrected chi connectivity index (χ1v) is 8.17. The Morgan fingerprint density at radius 3 is 2.65 bits per heavy atom. The van der Waals surface area contributed by atoms with E-state index >= 15 is 0 Å². The van der Waals surface area contributed by atoms with Crippen LogP contribution in [0.2, 0.25) is 0 Å². The minimum atomic E-state index is -0.622. The molecule has 1 fully saturated rings. The molecule has 4 nitrogen and oxygen atoms in total. The number of carbonyl (C=O) groups excluding carboxylic acids is 1. The minimum Gasteiger partial charge on any atom is -0.378 e. The van der Waals surface area contributed by atoms with Crippen LogP contribution < -0.4 is 11.1 Å². The van der Waals surface area contributed by atoms with Gasteiger partial charge in [0.2, 0.25) is 5.91 Å². The zero-order valence-electron chi connectivity index (χ0n) is 13.4. The van der Waals surface area contributed by atoms with Crippen LogP contribution in [0.25, 0.3) is 0 Å². The van der Waals surface area contributed by atoms with E-state index in [4.69, 9.17) is 10.5 Å². The fourth-order valence-electron chi connectivity index (χ4n) is 2.35. The monoisotopic (exact) mass is 284 g/mol. The van der Waals surface area contributed by atoms with Crippen molar-refractivity contribution in [3.05, 3.63) is 0 Å². The summed E-state index contributed by atoms with van der Waals surface area (Å²) in [5.74, 6) is -0.274. The molecule has 1 aliphatic carbocycles. The number of nitrogens with two attached hydrogens (primary N) is 1. The van der Waals surface area contributed by atoms with Gasteiger partial charge >= 0.3 is 0 Å². The number of primary amides is 1. The van der Waals surface area contributed by atoms with Gasteiger partial charge < -0.3 is 15.8 Å². The van der Waals surface area contributed by atoms with Gasteiger partial charge in [0.1, 0.15) is 0 Å². The third-order valence-corrected chi connectivity index (χ3v) is 4.11. The number of nitrogens with one attached hydrogen (secondary N) is 1. The predicted octanol–water partition coefficient (Wildman–Crippen LogP) is 2.75. The van der Waals surface area contributed by atoms with Crippen LogP contribution in [0.15, 0.2) is 0 Å². The third kappa shape index (κ3) is 6.71. The SMILES string of the molecule is CCCCCCC(C)OCCC(C)(NC1CC1)C(N)=O. The standard InChI is InChI=1S/C16H32N2O2/c1-4-5-6-7-8-13(2)20-12-11-16(3,15(17)19)18-14-9-10-14/h13-14,18H,4-12H2,1-3H3,(H2,17,19). The highest BCUT2D eigenvalue weighted by atomic mass is 16.5. The van der Waals surface area contributed by atoms with E-state index < -0.39 is 5.54 Å². The Morgan fingerprint density at radius 2 is 2.10 bits per heavy atom. The molecule has 0 heterocycles. The second kappa shape index (κ2) is 8.63. The molecule has 2 unspecified atom stereocenters. The molecule has 2 atom stereocenters. The van der Waals surface area contributed by atoms with Crippen molar-refractivity contribution < 1.29 is 9.53 Å². The van der Waals surface area contributed by atoms with Crippen molar-refractivity contribution in [3.8, 4) is 0 Å². The Hall–Kier alpha value is -0.610. The van der Waals surface area contributed by atoms with Gasteiger partial charge in [0.25, 0.3) is 0 Å². The molecule has 1 aliphatic rings. The van der Waals surface area contributed by atoms with Crippen molar-refractivity contribution in [2.75, 3.05) is 6.61 Å². The molecule has 0 aromatic heterocycles. The van der Waals surface area contributed by atoms with Crippen LogP contribution in [-0.2, 0) is 9.53 Å². The van der Waals surface area contributed by atoms with Gasteiger partial charge in [-0.25, -0.2) is 0 Å². The molecular weight excluding hydrogens is 252 g/mol. The summed E-state index contributed by atoms with van der Waals surface area (Å²) in [6, 6.07) is 0.471. The predicted molar refractivity (Wildman–Crippen MR) is 82.5 cm³/mol. The summed E-state index contributed by atoms with van der Waals surface area (Å²) in [4.78, 5) is 11.6. The van der Waals surface area contributed by atoms with Crippen molar-refractivity contribution in [3.63, 3.8) is 0 Å². The second-order valence-corrected chi connectivity index (χ2v) is 6.40. The zero-order valence-corrected chi connectivity index (χ0v) is 13.4. The van der Waals surface area contributed by atoms with Gasteiger partial charge in [0.05, 0.1) is 11.6 Å². The summed E-state index contributed by atoms with van der Waals surface area (Å²) in [6.45, 7) is 6.82. The molecule has 1 rings (SSSR count). The number of unbranched alkanes of at least 4 members (excludes halogenated alkanes) is 3. The summed E-state index contributed by atoms with van der Waals surface area (Å²) in [5.41, 5.74) is 4.90. The van der Waals surface area contributed by atoms with Gasteiger partial charge in [-0.1, -0.05) is 32.6 Å². The lowest BCUT2D eigenvalue weighted by molar-refractivity contribution is -0.125. The smallest absolute Gasteiger partial charge is 0.237 e. The Balaban J connectivity index is 2.17. The second-order valence-electron chi connectivity index (χ2n) is 6.40. The number of rotatable bonds is 12. The first kappa shape index (κ1) is 17.4. The van der Waals surface area contributed by atoms with Crippen molar-refractivity contribution in [1.29, 1.82) is 0 Å². The summed E-state index contributed by atoms with van der Waals surface area (Å²) >= 11 is 0. The maximum atomic E-state index is 11.6. The Kier molecular flexibility index (Phi) is 7.52. The summed E-state index contributed by atoms with van der Waals surface area (Å²) < 4.78 is 5.82. The molecule has 0 aromatic carbocycles. The molecule has 1 amide bonds. The Morgan fingerprint density at radius 1 is 1.40 bits per heavy atom. The number of hydrogen-bond donors (Lipinski definition) is 2. The van der Waals surface area contributed by atoms with Crippen LogP contribution in [0.4, 0.5) is 0 Å². The van der Waals surface area contributed by atoms with E-state index in [1.54, 1.807) is 0 Å². The average Bonchev–Trinajstić information content (AvgIpc) is 3.18. The maximum absolute atomic E-state index is 11.6. The first-order chi connectivity index (χ1) is 9.48. The lowest BCUT2D eigenvalue weighted by Crippen LogP contribution is -2.54. The first-order valence-electron chi connectivity index (χ1n) is 8.17. The highest BCUT2D eigenvalue weighted by Crippen LogP contribution is 2.24. The summed E-state index contributed by atoms with van der Waals surface area (Å²) in [5, 5.41) is 3.35. The molecule has 0 radical (unpaired) electrons. The van der Waals surface area contributed by atoms with Crippen molar-refractivity contribution in [2.45, 2.75) is 89.8 Å². The van der Waals surface area contributed by atoms with E-state index in [0.29, 0.717) is 19.1 Å². The van der Waals surface area contributed by atoms with Crippen LogP contribution in [0.3, 0.4) is 0 Å². The molecule has 3 N–H and O–H groups in total. The maximum Gasteiger partial charge on any atom is 0.237 e. The molecule has 4 heteroatoms. The normalized spacial score (nSPS) is 19.6. The fourth-order valence-corrected chi connectivity index (χ4v) is 2.35. The fraction of sp³-hybridized carbons (Fsp3) is 0.938. The van der Waals surface area contributed by atoms with Crippen molar-refractivity contribution in [1.82, 2.24) is 5.32 Å². The Bertz CT molecular complexity index is 292. The van der Waals surface area contributed by atoms with Gasteiger partial charge in [-0.2, -0.15) is 0 Å². The number of amides is 1. The zero-order chi connectivity index (χ0) is 15.0. The topological polar surface area (TPSA) is 64.3 Å². The van der Waals surface area contributed by atoms with Crippen molar-refractivity contribution in [2.24, 2.45) is 5.73 Å². The summed E-state index contributed by atoms with van der Waals surface area (Å²) in [6.07, 6.45) is 9.40. The van der Waals surface area contributed by atoms with Crippen LogP contribution in [0.5, 0.6) is 0 Å².